The van der Waals surface area contributed by atoms with Crippen molar-refractivity contribution in [1.82, 2.24) is 9.88 Å². The van der Waals surface area contributed by atoms with E-state index in [-0.39, 0.29) is 12.5 Å². The molecule has 1 aliphatic rings. The minimum atomic E-state index is -3.61. The summed E-state index contributed by atoms with van der Waals surface area (Å²) in [6.45, 7) is 3.51. The minimum Gasteiger partial charge on any atom is -0.352 e. The number of piperazine rings is 1. The number of benzene rings is 1. The molecular formula is C20H23N5O3S. The zero-order chi connectivity index (χ0) is 21.0. The van der Waals surface area contributed by atoms with E-state index < -0.39 is 10.0 Å². The Labute approximate surface area is 171 Å². The lowest BCUT2D eigenvalue weighted by Crippen LogP contribution is -2.52. The SMILES string of the molecule is Cc1ccccc1N(CC(=O)N1CCN(c2ncccc2C#N)CC1)S(C)(=O)=O. The highest BCUT2D eigenvalue weighted by molar-refractivity contribution is 7.92. The van der Waals surface area contributed by atoms with Gasteiger partial charge in [0.05, 0.1) is 17.5 Å². The van der Waals surface area contributed by atoms with Crippen molar-refractivity contribution >= 4 is 27.4 Å². The van der Waals surface area contributed by atoms with Gasteiger partial charge >= 0.3 is 0 Å². The maximum atomic E-state index is 12.8. The Kier molecular flexibility index (Phi) is 6.03. The highest BCUT2D eigenvalue weighted by Crippen LogP contribution is 2.23. The molecule has 0 atom stereocenters. The number of rotatable bonds is 5. The molecule has 152 valence electrons. The van der Waals surface area contributed by atoms with Gasteiger partial charge in [0, 0.05) is 32.4 Å². The molecule has 3 rings (SSSR count). The molecule has 1 aromatic heterocycles. The van der Waals surface area contributed by atoms with Gasteiger partial charge in [-0.25, -0.2) is 13.4 Å². The number of carbonyl (C=O) groups excluding carboxylic acids is 1. The van der Waals surface area contributed by atoms with Crippen LogP contribution in [-0.4, -0.2) is 63.2 Å². The quantitative estimate of drug-likeness (QED) is 0.735. The predicted octanol–water partition coefficient (Wildman–Crippen LogP) is 1.38. The third-order valence-electron chi connectivity index (χ3n) is 4.90. The van der Waals surface area contributed by atoms with E-state index in [1.807, 2.05) is 24.0 Å². The molecule has 0 spiro atoms. The summed E-state index contributed by atoms with van der Waals surface area (Å²) in [4.78, 5) is 20.7. The third-order valence-corrected chi connectivity index (χ3v) is 6.03. The minimum absolute atomic E-state index is 0.239. The maximum Gasteiger partial charge on any atom is 0.243 e. The van der Waals surface area contributed by atoms with E-state index in [0.717, 1.165) is 16.1 Å². The summed E-state index contributed by atoms with van der Waals surface area (Å²) in [5, 5.41) is 9.25. The molecule has 0 saturated carbocycles. The molecule has 0 unspecified atom stereocenters. The number of para-hydroxylation sites is 1. The monoisotopic (exact) mass is 413 g/mol. The lowest BCUT2D eigenvalue weighted by molar-refractivity contribution is -0.129. The van der Waals surface area contributed by atoms with Gasteiger partial charge < -0.3 is 9.80 Å². The van der Waals surface area contributed by atoms with Crippen LogP contribution in [0.25, 0.3) is 0 Å². The molecule has 0 N–H and O–H groups in total. The van der Waals surface area contributed by atoms with Crippen molar-refractivity contribution in [2.75, 3.05) is 48.2 Å². The number of aryl methyl sites for hydroxylation is 1. The van der Waals surface area contributed by atoms with Crippen LogP contribution < -0.4 is 9.21 Å². The van der Waals surface area contributed by atoms with E-state index in [1.54, 1.807) is 35.4 Å². The second-order valence-corrected chi connectivity index (χ2v) is 8.82. The fourth-order valence-corrected chi connectivity index (χ4v) is 4.26. The molecule has 1 aliphatic heterocycles. The van der Waals surface area contributed by atoms with E-state index in [4.69, 9.17) is 0 Å². The second-order valence-electron chi connectivity index (χ2n) is 6.91. The van der Waals surface area contributed by atoms with Crippen LogP contribution in [0, 0.1) is 18.3 Å². The molecule has 1 aromatic carbocycles. The van der Waals surface area contributed by atoms with E-state index in [1.165, 1.54) is 0 Å². The van der Waals surface area contributed by atoms with Crippen LogP contribution in [0.3, 0.4) is 0 Å². The Morgan fingerprint density at radius 3 is 2.48 bits per heavy atom. The van der Waals surface area contributed by atoms with Crippen molar-refractivity contribution in [1.29, 1.82) is 5.26 Å². The first kappa shape index (κ1) is 20.6. The number of carbonyl (C=O) groups is 1. The predicted molar refractivity (Wildman–Crippen MR) is 111 cm³/mol. The van der Waals surface area contributed by atoms with Crippen molar-refractivity contribution in [3.63, 3.8) is 0 Å². The van der Waals surface area contributed by atoms with Crippen molar-refractivity contribution in [2.45, 2.75) is 6.92 Å². The number of nitriles is 1. The second kappa shape index (κ2) is 8.49. The smallest absolute Gasteiger partial charge is 0.243 e. The van der Waals surface area contributed by atoms with Gasteiger partial charge in [-0.3, -0.25) is 9.10 Å². The molecule has 1 fully saturated rings. The third kappa shape index (κ3) is 4.66. The Hall–Kier alpha value is -3.12. The Morgan fingerprint density at radius 2 is 1.86 bits per heavy atom. The van der Waals surface area contributed by atoms with Gasteiger partial charge in [0.2, 0.25) is 15.9 Å². The zero-order valence-electron chi connectivity index (χ0n) is 16.4. The fraction of sp³-hybridized carbons (Fsp3) is 0.350. The number of amides is 1. The number of aromatic nitrogens is 1. The van der Waals surface area contributed by atoms with Crippen molar-refractivity contribution in [3.05, 3.63) is 53.7 Å². The van der Waals surface area contributed by atoms with Gasteiger partial charge in [-0.1, -0.05) is 18.2 Å². The highest BCUT2D eigenvalue weighted by Gasteiger charge is 2.28. The van der Waals surface area contributed by atoms with Gasteiger partial charge in [-0.05, 0) is 30.7 Å². The number of sulfonamides is 1. The first-order chi connectivity index (χ1) is 13.8. The number of anilines is 2. The van der Waals surface area contributed by atoms with Crippen LogP contribution in [0.5, 0.6) is 0 Å². The molecule has 0 radical (unpaired) electrons. The molecule has 1 saturated heterocycles. The first-order valence-corrected chi connectivity index (χ1v) is 11.1. The number of hydrogen-bond donors (Lipinski definition) is 0. The average Bonchev–Trinajstić information content (AvgIpc) is 2.72. The Morgan fingerprint density at radius 1 is 1.17 bits per heavy atom. The van der Waals surface area contributed by atoms with Crippen LogP contribution >= 0.6 is 0 Å². The van der Waals surface area contributed by atoms with Crippen LogP contribution in [0.4, 0.5) is 11.5 Å². The molecule has 29 heavy (non-hydrogen) atoms. The van der Waals surface area contributed by atoms with E-state index in [2.05, 4.69) is 11.1 Å². The van der Waals surface area contributed by atoms with E-state index in [9.17, 15) is 18.5 Å². The normalized spacial score (nSPS) is 14.4. The summed E-state index contributed by atoms with van der Waals surface area (Å²) in [6, 6.07) is 12.7. The maximum absolute atomic E-state index is 12.8. The molecule has 8 nitrogen and oxygen atoms in total. The fourth-order valence-electron chi connectivity index (χ4n) is 3.35. The number of nitrogens with zero attached hydrogens (tertiary/aromatic N) is 5. The lowest BCUT2D eigenvalue weighted by Gasteiger charge is -2.36. The highest BCUT2D eigenvalue weighted by atomic mass is 32.2. The van der Waals surface area contributed by atoms with Crippen molar-refractivity contribution in [2.24, 2.45) is 0 Å². The molecule has 9 heteroatoms. The van der Waals surface area contributed by atoms with Gasteiger partial charge in [0.25, 0.3) is 0 Å². The van der Waals surface area contributed by atoms with Gasteiger partial charge in [-0.2, -0.15) is 5.26 Å². The Bertz CT molecular complexity index is 1040. The molecular weight excluding hydrogens is 390 g/mol. The van der Waals surface area contributed by atoms with E-state index >= 15 is 0 Å². The summed E-state index contributed by atoms with van der Waals surface area (Å²) in [5.41, 5.74) is 1.79. The van der Waals surface area contributed by atoms with Crippen LogP contribution in [-0.2, 0) is 14.8 Å². The molecule has 0 aliphatic carbocycles. The van der Waals surface area contributed by atoms with Crippen molar-refractivity contribution < 1.29 is 13.2 Å². The molecule has 2 aromatic rings. The van der Waals surface area contributed by atoms with Gasteiger partial charge in [-0.15, -0.1) is 0 Å². The molecule has 0 bridgehead atoms. The summed E-state index contributed by atoms with van der Waals surface area (Å²) in [7, 11) is -3.61. The number of pyridine rings is 1. The summed E-state index contributed by atoms with van der Waals surface area (Å²) < 4.78 is 25.8. The lowest BCUT2D eigenvalue weighted by atomic mass is 10.2. The van der Waals surface area contributed by atoms with Crippen LogP contribution in [0.1, 0.15) is 11.1 Å². The van der Waals surface area contributed by atoms with Gasteiger partial charge in [0.1, 0.15) is 18.4 Å². The van der Waals surface area contributed by atoms with Crippen LogP contribution in [0.2, 0.25) is 0 Å². The summed E-state index contributed by atoms with van der Waals surface area (Å²) >= 11 is 0. The largest absolute Gasteiger partial charge is 0.352 e. The Balaban J connectivity index is 1.70. The summed E-state index contributed by atoms with van der Waals surface area (Å²) in [6.07, 6.45) is 2.75. The molecule has 2 heterocycles. The average molecular weight is 414 g/mol. The van der Waals surface area contributed by atoms with E-state index in [0.29, 0.717) is 43.2 Å². The van der Waals surface area contributed by atoms with Crippen LogP contribution in [0.15, 0.2) is 42.6 Å². The standard InChI is InChI=1S/C20H23N5O3S/c1-16-6-3-4-8-18(16)25(29(2,27)28)15-19(26)23-10-12-24(13-11-23)20-17(14-21)7-5-9-22-20/h3-9H,10-13,15H2,1-2H3. The van der Waals surface area contributed by atoms with Gasteiger partial charge in [0.15, 0.2) is 0 Å². The topological polar surface area (TPSA) is 97.6 Å². The zero-order valence-corrected chi connectivity index (χ0v) is 17.3. The van der Waals surface area contributed by atoms with Crippen molar-refractivity contribution in [3.8, 4) is 6.07 Å². The summed E-state index contributed by atoms with van der Waals surface area (Å²) in [5.74, 6) is 0.361. The molecule has 1 amide bonds. The first-order valence-electron chi connectivity index (χ1n) is 9.22. The number of hydrogen-bond acceptors (Lipinski definition) is 6.